The molecule has 5 rings (SSSR count). The summed E-state index contributed by atoms with van der Waals surface area (Å²) in [6.45, 7) is 0. The molecule has 1 aliphatic carbocycles. The Morgan fingerprint density at radius 2 is 1.15 bits per heavy atom. The summed E-state index contributed by atoms with van der Waals surface area (Å²) in [5.74, 6) is 2.50. The summed E-state index contributed by atoms with van der Waals surface area (Å²) in [4.78, 5) is 0. The fourth-order valence-electron chi connectivity index (χ4n) is 3.64. The van der Waals surface area contributed by atoms with E-state index in [1.807, 2.05) is 72.8 Å². The Bertz CT molecular complexity index is 1070. The summed E-state index contributed by atoms with van der Waals surface area (Å²) in [7, 11) is 0. The van der Waals surface area contributed by atoms with Crippen molar-refractivity contribution in [3.8, 4) is 28.4 Å². The van der Waals surface area contributed by atoms with E-state index in [-0.39, 0.29) is 6.10 Å². The number of hydrogen-bond donors (Lipinski definition) is 0. The zero-order valence-corrected chi connectivity index (χ0v) is 14.7. The second-order valence-electron chi connectivity index (χ2n) is 6.53. The molecule has 0 unspecified atom stereocenters. The number of rotatable bonds is 4. The molecule has 0 radical (unpaired) electrons. The molecule has 0 saturated carbocycles. The van der Waals surface area contributed by atoms with Crippen molar-refractivity contribution in [2.24, 2.45) is 0 Å². The SMILES string of the molecule is c1ccc(Oc2cccc3c2[C@@H](Oc2ccccc2)c2ccccc2-3)cc1. The number of ether oxygens (including phenoxy) is 2. The second-order valence-corrected chi connectivity index (χ2v) is 6.53. The number of para-hydroxylation sites is 2. The lowest BCUT2D eigenvalue weighted by Gasteiger charge is -2.19. The van der Waals surface area contributed by atoms with Crippen LogP contribution in [0.4, 0.5) is 0 Å². The Morgan fingerprint density at radius 1 is 0.519 bits per heavy atom. The van der Waals surface area contributed by atoms with Crippen LogP contribution < -0.4 is 9.47 Å². The van der Waals surface area contributed by atoms with Gasteiger partial charge in [0.05, 0.1) is 0 Å². The molecule has 0 fully saturated rings. The van der Waals surface area contributed by atoms with Gasteiger partial charge in [0.2, 0.25) is 0 Å². The Kier molecular flexibility index (Phi) is 3.87. The first-order valence-corrected chi connectivity index (χ1v) is 9.07. The highest BCUT2D eigenvalue weighted by Crippen LogP contribution is 2.49. The molecule has 0 bridgehead atoms. The van der Waals surface area contributed by atoms with E-state index in [1.165, 1.54) is 16.7 Å². The van der Waals surface area contributed by atoms with E-state index < -0.39 is 0 Å². The van der Waals surface area contributed by atoms with Gasteiger partial charge < -0.3 is 9.47 Å². The molecule has 0 amide bonds. The van der Waals surface area contributed by atoms with Crippen LogP contribution in [0.5, 0.6) is 17.2 Å². The van der Waals surface area contributed by atoms with Crippen molar-refractivity contribution in [1.82, 2.24) is 0 Å². The summed E-state index contributed by atoms with van der Waals surface area (Å²) in [6.07, 6.45) is -0.196. The van der Waals surface area contributed by atoms with Gasteiger partial charge in [0.15, 0.2) is 6.10 Å². The lowest BCUT2D eigenvalue weighted by molar-refractivity contribution is 0.248. The van der Waals surface area contributed by atoms with Crippen LogP contribution in [0, 0.1) is 0 Å². The van der Waals surface area contributed by atoms with Crippen LogP contribution in [-0.2, 0) is 0 Å². The highest BCUT2D eigenvalue weighted by Gasteiger charge is 2.33. The summed E-state index contributed by atoms with van der Waals surface area (Å²) in [6, 6.07) is 34.4. The van der Waals surface area contributed by atoms with E-state index in [2.05, 4.69) is 30.3 Å². The third-order valence-electron chi connectivity index (χ3n) is 4.83. The van der Waals surface area contributed by atoms with Crippen molar-refractivity contribution in [3.05, 3.63) is 114 Å². The van der Waals surface area contributed by atoms with Gasteiger partial charge in [0.1, 0.15) is 17.2 Å². The second kappa shape index (κ2) is 6.65. The molecule has 0 saturated heterocycles. The van der Waals surface area contributed by atoms with Crippen LogP contribution in [0.25, 0.3) is 11.1 Å². The van der Waals surface area contributed by atoms with Gasteiger partial charge in [0, 0.05) is 11.1 Å². The van der Waals surface area contributed by atoms with E-state index >= 15 is 0 Å². The molecule has 4 aromatic carbocycles. The Hall–Kier alpha value is -3.52. The smallest absolute Gasteiger partial charge is 0.154 e. The van der Waals surface area contributed by atoms with Crippen LogP contribution in [0.3, 0.4) is 0 Å². The Labute approximate surface area is 158 Å². The monoisotopic (exact) mass is 350 g/mol. The van der Waals surface area contributed by atoms with Crippen molar-refractivity contribution in [2.75, 3.05) is 0 Å². The normalized spacial score (nSPS) is 14.3. The van der Waals surface area contributed by atoms with Gasteiger partial charge in [0.25, 0.3) is 0 Å². The molecule has 0 N–H and O–H groups in total. The van der Waals surface area contributed by atoms with Crippen molar-refractivity contribution >= 4 is 0 Å². The lowest BCUT2D eigenvalue weighted by atomic mass is 10.1. The van der Waals surface area contributed by atoms with Gasteiger partial charge >= 0.3 is 0 Å². The molecule has 2 nitrogen and oxygen atoms in total. The minimum Gasteiger partial charge on any atom is -0.481 e. The van der Waals surface area contributed by atoms with E-state index in [0.29, 0.717) is 0 Å². The van der Waals surface area contributed by atoms with Crippen molar-refractivity contribution in [2.45, 2.75) is 6.10 Å². The van der Waals surface area contributed by atoms with Gasteiger partial charge in [-0.25, -0.2) is 0 Å². The highest BCUT2D eigenvalue weighted by atomic mass is 16.5. The molecular formula is C25H18O2. The molecule has 0 aliphatic heterocycles. The van der Waals surface area contributed by atoms with Crippen LogP contribution in [0.15, 0.2) is 103 Å². The third kappa shape index (κ3) is 2.85. The molecule has 2 heteroatoms. The van der Waals surface area contributed by atoms with E-state index in [9.17, 15) is 0 Å². The lowest BCUT2D eigenvalue weighted by Crippen LogP contribution is -2.07. The minimum atomic E-state index is -0.196. The minimum absolute atomic E-state index is 0.196. The molecule has 1 aliphatic rings. The fourth-order valence-corrected chi connectivity index (χ4v) is 3.64. The first-order chi connectivity index (χ1) is 13.4. The first kappa shape index (κ1) is 15.7. The molecule has 0 spiro atoms. The Morgan fingerprint density at radius 3 is 1.93 bits per heavy atom. The zero-order chi connectivity index (χ0) is 18.1. The van der Waals surface area contributed by atoms with E-state index in [1.54, 1.807) is 0 Å². The molecule has 4 aromatic rings. The summed E-state index contributed by atoms with van der Waals surface area (Å²) in [5.41, 5.74) is 4.61. The molecule has 0 aromatic heterocycles. The van der Waals surface area contributed by atoms with Crippen LogP contribution in [-0.4, -0.2) is 0 Å². The maximum atomic E-state index is 6.43. The standard InChI is InChI=1S/C25H18O2/c1-3-10-18(11-4-1)26-23-17-9-16-21-20-14-7-8-15-22(20)25(24(21)23)27-19-12-5-2-6-13-19/h1-17,25H/t25-/m0/s1. The number of hydrogen-bond acceptors (Lipinski definition) is 2. The predicted molar refractivity (Wildman–Crippen MR) is 107 cm³/mol. The topological polar surface area (TPSA) is 18.5 Å². The van der Waals surface area contributed by atoms with E-state index in [4.69, 9.17) is 9.47 Å². The largest absolute Gasteiger partial charge is 0.481 e. The third-order valence-corrected chi connectivity index (χ3v) is 4.83. The van der Waals surface area contributed by atoms with Crippen LogP contribution in [0.2, 0.25) is 0 Å². The average Bonchev–Trinajstić information content (AvgIpc) is 3.05. The van der Waals surface area contributed by atoms with Crippen LogP contribution >= 0.6 is 0 Å². The van der Waals surface area contributed by atoms with Gasteiger partial charge in [-0.1, -0.05) is 72.8 Å². The van der Waals surface area contributed by atoms with Crippen molar-refractivity contribution in [3.63, 3.8) is 0 Å². The maximum absolute atomic E-state index is 6.43. The van der Waals surface area contributed by atoms with Crippen molar-refractivity contribution in [1.29, 1.82) is 0 Å². The first-order valence-electron chi connectivity index (χ1n) is 9.07. The van der Waals surface area contributed by atoms with Crippen molar-refractivity contribution < 1.29 is 9.47 Å². The average molecular weight is 350 g/mol. The molecule has 27 heavy (non-hydrogen) atoms. The van der Waals surface area contributed by atoms with Gasteiger partial charge in [-0.3, -0.25) is 0 Å². The maximum Gasteiger partial charge on any atom is 0.154 e. The van der Waals surface area contributed by atoms with Gasteiger partial charge in [-0.05, 0) is 41.5 Å². The molecule has 0 heterocycles. The highest BCUT2D eigenvalue weighted by molar-refractivity contribution is 5.80. The molecular weight excluding hydrogens is 332 g/mol. The predicted octanol–water partition coefficient (Wildman–Crippen LogP) is 6.63. The summed E-state index contributed by atoms with van der Waals surface area (Å²) in [5, 5.41) is 0. The number of fused-ring (bicyclic) bond motifs is 3. The number of benzene rings is 4. The Balaban J connectivity index is 1.63. The summed E-state index contributed by atoms with van der Waals surface area (Å²) >= 11 is 0. The van der Waals surface area contributed by atoms with E-state index in [0.717, 1.165) is 22.8 Å². The van der Waals surface area contributed by atoms with Crippen LogP contribution in [0.1, 0.15) is 17.2 Å². The zero-order valence-electron chi connectivity index (χ0n) is 14.7. The quantitative estimate of drug-likeness (QED) is 0.411. The van der Waals surface area contributed by atoms with Gasteiger partial charge in [-0.15, -0.1) is 0 Å². The summed E-state index contributed by atoms with van der Waals surface area (Å²) < 4.78 is 12.7. The fraction of sp³-hybridized carbons (Fsp3) is 0.0400. The van der Waals surface area contributed by atoms with Gasteiger partial charge in [-0.2, -0.15) is 0 Å². The molecule has 130 valence electrons. The molecule has 1 atom stereocenters.